The van der Waals surface area contributed by atoms with Gasteiger partial charge in [-0.25, -0.2) is 0 Å². The summed E-state index contributed by atoms with van der Waals surface area (Å²) in [5, 5.41) is 2.89. The number of hydrogen-bond acceptors (Lipinski definition) is 3. The predicted molar refractivity (Wildman–Crippen MR) is 69.7 cm³/mol. The zero-order chi connectivity index (χ0) is 13.0. The molecule has 0 unspecified atom stereocenters. The van der Waals surface area contributed by atoms with Crippen molar-refractivity contribution in [3.05, 3.63) is 29.8 Å². The van der Waals surface area contributed by atoms with Crippen LogP contribution in [-0.4, -0.2) is 26.2 Å². The summed E-state index contributed by atoms with van der Waals surface area (Å²) in [6.07, 6.45) is 5.45. The van der Waals surface area contributed by atoms with Crippen LogP contribution in [0.2, 0.25) is 0 Å². The first-order valence-electron chi connectivity index (χ1n) is 5.93. The van der Waals surface area contributed by atoms with Crippen LogP contribution in [0.3, 0.4) is 0 Å². The molecule has 0 spiro atoms. The normalized spacial score (nSPS) is 14.6. The number of benzene rings is 1. The number of carbonyl (C=O) groups excluding carboxylic acids is 1. The fourth-order valence-corrected chi connectivity index (χ4v) is 1.60. The molecule has 1 amide bonds. The van der Waals surface area contributed by atoms with E-state index in [2.05, 4.69) is 5.32 Å². The molecule has 18 heavy (non-hydrogen) atoms. The maximum absolute atomic E-state index is 11.5. The van der Waals surface area contributed by atoms with Crippen molar-refractivity contribution in [1.82, 2.24) is 5.32 Å². The molecule has 1 aromatic rings. The van der Waals surface area contributed by atoms with Gasteiger partial charge in [0.05, 0.1) is 14.2 Å². The average molecular weight is 247 g/mol. The molecular weight excluding hydrogens is 230 g/mol. The topological polar surface area (TPSA) is 47.6 Å². The molecule has 2 rings (SSSR count). The van der Waals surface area contributed by atoms with Crippen LogP contribution in [-0.2, 0) is 4.79 Å². The summed E-state index contributed by atoms with van der Waals surface area (Å²) in [6.45, 7) is 0. The second kappa shape index (κ2) is 5.58. The highest BCUT2D eigenvalue weighted by Gasteiger charge is 2.22. The lowest BCUT2D eigenvalue weighted by Crippen LogP contribution is -2.22. The number of methoxy groups -OCH3 is 2. The van der Waals surface area contributed by atoms with Gasteiger partial charge in [0.15, 0.2) is 0 Å². The van der Waals surface area contributed by atoms with E-state index in [0.717, 1.165) is 24.2 Å². The second-order valence-electron chi connectivity index (χ2n) is 4.22. The minimum absolute atomic E-state index is 0.0598. The van der Waals surface area contributed by atoms with Gasteiger partial charge in [0.2, 0.25) is 5.91 Å². The molecule has 96 valence electrons. The van der Waals surface area contributed by atoms with Gasteiger partial charge in [-0.2, -0.15) is 0 Å². The SMILES string of the molecule is COc1ccc(/C=C/C(=O)NC2CC2)c(OC)c1. The molecule has 1 N–H and O–H groups in total. The maximum Gasteiger partial charge on any atom is 0.244 e. The molecule has 0 bridgehead atoms. The minimum Gasteiger partial charge on any atom is -0.497 e. The molecule has 1 aromatic carbocycles. The summed E-state index contributed by atoms with van der Waals surface area (Å²) in [5.41, 5.74) is 0.851. The van der Waals surface area contributed by atoms with E-state index in [4.69, 9.17) is 9.47 Å². The van der Waals surface area contributed by atoms with E-state index in [9.17, 15) is 4.79 Å². The standard InChI is InChI=1S/C14H17NO3/c1-17-12-7-3-10(13(9-12)18-2)4-8-14(16)15-11-5-6-11/h3-4,7-9,11H,5-6H2,1-2H3,(H,15,16)/b8-4+. The Bertz CT molecular complexity index is 464. The summed E-state index contributed by atoms with van der Waals surface area (Å²) in [7, 11) is 3.20. The van der Waals surface area contributed by atoms with Gasteiger partial charge in [0.1, 0.15) is 11.5 Å². The highest BCUT2D eigenvalue weighted by Crippen LogP contribution is 2.25. The molecule has 1 aliphatic rings. The number of hydrogen-bond donors (Lipinski definition) is 1. The molecule has 0 saturated heterocycles. The molecule has 0 aliphatic heterocycles. The molecule has 0 radical (unpaired) electrons. The molecule has 1 aliphatic carbocycles. The summed E-state index contributed by atoms with van der Waals surface area (Å²) in [5.74, 6) is 1.35. The van der Waals surface area contributed by atoms with Crippen LogP contribution in [0.15, 0.2) is 24.3 Å². The monoisotopic (exact) mass is 247 g/mol. The first kappa shape index (κ1) is 12.5. The Kier molecular flexibility index (Phi) is 3.87. The van der Waals surface area contributed by atoms with Crippen LogP contribution in [0, 0.1) is 0 Å². The molecular formula is C14H17NO3. The lowest BCUT2D eigenvalue weighted by molar-refractivity contribution is -0.116. The molecule has 1 saturated carbocycles. The fourth-order valence-electron chi connectivity index (χ4n) is 1.60. The van der Waals surface area contributed by atoms with Gasteiger partial charge in [-0.1, -0.05) is 0 Å². The Morgan fingerprint density at radius 3 is 2.72 bits per heavy atom. The number of nitrogens with one attached hydrogen (secondary N) is 1. The van der Waals surface area contributed by atoms with Gasteiger partial charge >= 0.3 is 0 Å². The third-order valence-corrected chi connectivity index (χ3v) is 2.78. The van der Waals surface area contributed by atoms with Crippen molar-refractivity contribution < 1.29 is 14.3 Å². The van der Waals surface area contributed by atoms with Crippen LogP contribution in [0.1, 0.15) is 18.4 Å². The van der Waals surface area contributed by atoms with Crippen LogP contribution >= 0.6 is 0 Å². The van der Waals surface area contributed by atoms with Crippen LogP contribution < -0.4 is 14.8 Å². The Morgan fingerprint density at radius 1 is 1.33 bits per heavy atom. The van der Waals surface area contributed by atoms with Crippen molar-refractivity contribution in [1.29, 1.82) is 0 Å². The van der Waals surface area contributed by atoms with Gasteiger partial charge in [0, 0.05) is 23.7 Å². The lowest BCUT2D eigenvalue weighted by Gasteiger charge is -2.07. The average Bonchev–Trinajstić information content (AvgIpc) is 3.20. The third-order valence-electron chi connectivity index (χ3n) is 2.78. The fraction of sp³-hybridized carbons (Fsp3) is 0.357. The molecule has 1 fully saturated rings. The summed E-state index contributed by atoms with van der Waals surface area (Å²) >= 11 is 0. The van der Waals surface area contributed by atoms with Crippen molar-refractivity contribution in [2.75, 3.05) is 14.2 Å². The molecule has 4 nitrogen and oxygen atoms in total. The Balaban J connectivity index is 2.06. The third kappa shape index (κ3) is 3.26. The van der Waals surface area contributed by atoms with E-state index < -0.39 is 0 Å². The smallest absolute Gasteiger partial charge is 0.244 e. The maximum atomic E-state index is 11.5. The molecule has 4 heteroatoms. The van der Waals surface area contributed by atoms with E-state index in [1.54, 1.807) is 26.4 Å². The highest BCUT2D eigenvalue weighted by atomic mass is 16.5. The Morgan fingerprint density at radius 2 is 2.11 bits per heavy atom. The summed E-state index contributed by atoms with van der Waals surface area (Å²) in [6, 6.07) is 5.86. The summed E-state index contributed by atoms with van der Waals surface area (Å²) < 4.78 is 10.4. The molecule has 0 atom stereocenters. The van der Waals surface area contributed by atoms with Crippen LogP contribution in [0.25, 0.3) is 6.08 Å². The van der Waals surface area contributed by atoms with Gasteiger partial charge in [-0.3, -0.25) is 4.79 Å². The first-order chi connectivity index (χ1) is 8.72. The van der Waals surface area contributed by atoms with Gasteiger partial charge in [-0.15, -0.1) is 0 Å². The van der Waals surface area contributed by atoms with Gasteiger partial charge in [0.25, 0.3) is 0 Å². The molecule has 0 heterocycles. The van der Waals surface area contributed by atoms with Gasteiger partial charge < -0.3 is 14.8 Å². The van der Waals surface area contributed by atoms with Crippen molar-refractivity contribution in [3.8, 4) is 11.5 Å². The Labute approximate surface area is 107 Å². The number of amides is 1. The largest absolute Gasteiger partial charge is 0.497 e. The number of rotatable bonds is 5. The lowest BCUT2D eigenvalue weighted by atomic mass is 10.1. The van der Waals surface area contributed by atoms with E-state index in [1.807, 2.05) is 12.1 Å². The van der Waals surface area contributed by atoms with Crippen molar-refractivity contribution in [2.24, 2.45) is 0 Å². The number of carbonyl (C=O) groups is 1. The van der Waals surface area contributed by atoms with Crippen molar-refractivity contribution in [2.45, 2.75) is 18.9 Å². The molecule has 0 aromatic heterocycles. The quantitative estimate of drug-likeness (QED) is 0.809. The van der Waals surface area contributed by atoms with Crippen LogP contribution in [0.5, 0.6) is 11.5 Å². The zero-order valence-corrected chi connectivity index (χ0v) is 10.6. The van der Waals surface area contributed by atoms with Crippen molar-refractivity contribution in [3.63, 3.8) is 0 Å². The predicted octanol–water partition coefficient (Wildman–Crippen LogP) is 2.00. The van der Waals surface area contributed by atoms with Crippen molar-refractivity contribution >= 4 is 12.0 Å². The second-order valence-corrected chi connectivity index (χ2v) is 4.22. The van der Waals surface area contributed by atoms with E-state index in [0.29, 0.717) is 11.8 Å². The minimum atomic E-state index is -0.0598. The van der Waals surface area contributed by atoms with Gasteiger partial charge in [-0.05, 0) is 31.1 Å². The number of ether oxygens (including phenoxy) is 2. The van der Waals surface area contributed by atoms with Crippen LogP contribution in [0.4, 0.5) is 0 Å². The van der Waals surface area contributed by atoms with E-state index in [1.165, 1.54) is 6.08 Å². The zero-order valence-electron chi connectivity index (χ0n) is 10.6. The summed E-state index contributed by atoms with van der Waals surface area (Å²) in [4.78, 5) is 11.5. The first-order valence-corrected chi connectivity index (χ1v) is 5.93. The van der Waals surface area contributed by atoms with E-state index >= 15 is 0 Å². The highest BCUT2D eigenvalue weighted by molar-refractivity contribution is 5.92. The Hall–Kier alpha value is -1.97. The van der Waals surface area contributed by atoms with E-state index in [-0.39, 0.29) is 5.91 Å².